The number of amides is 1. The van der Waals surface area contributed by atoms with Crippen LogP contribution < -0.4 is 14.8 Å². The normalized spacial score (nSPS) is 14.9. The van der Waals surface area contributed by atoms with Gasteiger partial charge in [0.25, 0.3) is 0 Å². The van der Waals surface area contributed by atoms with E-state index in [4.69, 9.17) is 9.47 Å². The number of hydrogen-bond acceptors (Lipinski definition) is 6. The number of methoxy groups -OCH3 is 2. The number of carbonyl (C=O) groups is 1. The number of sulfonamides is 1. The van der Waals surface area contributed by atoms with Crippen molar-refractivity contribution in [1.29, 1.82) is 0 Å². The molecule has 1 aliphatic rings. The van der Waals surface area contributed by atoms with Crippen molar-refractivity contribution in [1.82, 2.24) is 4.31 Å². The quantitative estimate of drug-likeness (QED) is 0.619. The minimum absolute atomic E-state index is 0.179. The summed E-state index contributed by atoms with van der Waals surface area (Å²) < 4.78 is 37.4. The van der Waals surface area contributed by atoms with Crippen molar-refractivity contribution in [3.05, 3.63) is 42.5 Å². The van der Waals surface area contributed by atoms with Crippen molar-refractivity contribution in [2.24, 2.45) is 0 Å². The van der Waals surface area contributed by atoms with E-state index in [0.717, 1.165) is 24.2 Å². The molecule has 0 radical (unpaired) electrons. The number of thioether (sulfide) groups is 1. The van der Waals surface area contributed by atoms with Crippen LogP contribution in [-0.2, 0) is 14.8 Å². The highest BCUT2D eigenvalue weighted by Gasteiger charge is 2.25. The molecule has 2 aromatic carbocycles. The highest BCUT2D eigenvalue weighted by molar-refractivity contribution is 8.00. The first-order valence-electron chi connectivity index (χ1n) is 9.69. The van der Waals surface area contributed by atoms with Crippen LogP contribution in [0, 0.1) is 0 Å². The summed E-state index contributed by atoms with van der Waals surface area (Å²) in [7, 11) is -0.337. The van der Waals surface area contributed by atoms with Gasteiger partial charge in [0.2, 0.25) is 15.9 Å². The fourth-order valence-electron chi connectivity index (χ4n) is 3.22. The van der Waals surface area contributed by atoms with E-state index in [0.29, 0.717) is 30.3 Å². The molecule has 0 atom stereocenters. The molecule has 0 aliphatic carbocycles. The minimum atomic E-state index is -3.47. The van der Waals surface area contributed by atoms with Crippen LogP contribution in [0.5, 0.6) is 11.5 Å². The molecule has 0 unspecified atom stereocenters. The van der Waals surface area contributed by atoms with Crippen LogP contribution in [0.1, 0.15) is 19.3 Å². The topological polar surface area (TPSA) is 84.9 Å². The zero-order chi connectivity index (χ0) is 21.6. The smallest absolute Gasteiger partial charge is 0.243 e. The van der Waals surface area contributed by atoms with Gasteiger partial charge < -0.3 is 14.8 Å². The van der Waals surface area contributed by atoms with Crippen molar-refractivity contribution >= 4 is 33.4 Å². The predicted molar refractivity (Wildman–Crippen MR) is 118 cm³/mol. The molecular formula is C21H26N2O5S2. The van der Waals surface area contributed by atoms with E-state index < -0.39 is 10.0 Å². The number of rotatable bonds is 8. The van der Waals surface area contributed by atoms with Crippen LogP contribution in [0.2, 0.25) is 0 Å². The first-order valence-corrected chi connectivity index (χ1v) is 12.1. The Hall–Kier alpha value is -2.23. The summed E-state index contributed by atoms with van der Waals surface area (Å²) in [5, 5.41) is 2.80. The number of benzene rings is 2. The van der Waals surface area contributed by atoms with Gasteiger partial charge in [-0.3, -0.25) is 4.79 Å². The molecule has 9 heteroatoms. The molecule has 1 aliphatic heterocycles. The third-order valence-corrected chi connectivity index (χ3v) is 7.72. The zero-order valence-corrected chi connectivity index (χ0v) is 18.7. The van der Waals surface area contributed by atoms with E-state index in [-0.39, 0.29) is 16.6 Å². The Morgan fingerprint density at radius 1 is 1.00 bits per heavy atom. The molecule has 0 spiro atoms. The largest absolute Gasteiger partial charge is 0.493 e. The van der Waals surface area contributed by atoms with Crippen molar-refractivity contribution in [3.8, 4) is 11.5 Å². The first-order chi connectivity index (χ1) is 14.4. The molecule has 0 saturated carbocycles. The molecule has 1 amide bonds. The van der Waals surface area contributed by atoms with E-state index in [1.54, 1.807) is 44.6 Å². The van der Waals surface area contributed by atoms with Crippen molar-refractivity contribution in [2.75, 3.05) is 38.4 Å². The Labute approximate surface area is 181 Å². The van der Waals surface area contributed by atoms with Crippen molar-refractivity contribution in [2.45, 2.75) is 29.1 Å². The van der Waals surface area contributed by atoms with Gasteiger partial charge in [0.05, 0.1) is 24.9 Å². The van der Waals surface area contributed by atoms with Crippen molar-refractivity contribution in [3.63, 3.8) is 0 Å². The summed E-state index contributed by atoms with van der Waals surface area (Å²) in [6.07, 6.45) is 2.86. The Morgan fingerprint density at radius 3 is 2.30 bits per heavy atom. The van der Waals surface area contributed by atoms with Gasteiger partial charge in [-0.15, -0.1) is 11.8 Å². The van der Waals surface area contributed by atoms with Crippen LogP contribution in [0.25, 0.3) is 0 Å². The SMILES string of the molecule is COc1ccc(SCC(=O)Nc2ccc(S(=O)(=O)N3CCCCC3)cc2)cc1OC. The summed E-state index contributed by atoms with van der Waals surface area (Å²) in [6, 6.07) is 11.8. The van der Waals surface area contributed by atoms with E-state index in [2.05, 4.69) is 5.32 Å². The number of nitrogens with one attached hydrogen (secondary N) is 1. The minimum Gasteiger partial charge on any atom is -0.493 e. The Balaban J connectivity index is 1.57. The lowest BCUT2D eigenvalue weighted by atomic mass is 10.2. The molecule has 2 aromatic rings. The summed E-state index contributed by atoms with van der Waals surface area (Å²) in [5.41, 5.74) is 0.561. The van der Waals surface area contributed by atoms with Crippen LogP contribution in [-0.4, -0.2) is 51.7 Å². The fraction of sp³-hybridized carbons (Fsp3) is 0.381. The maximum absolute atomic E-state index is 12.7. The molecule has 1 fully saturated rings. The molecule has 3 rings (SSSR count). The molecule has 1 N–H and O–H groups in total. The average Bonchev–Trinajstić information content (AvgIpc) is 2.78. The molecule has 1 saturated heterocycles. The lowest BCUT2D eigenvalue weighted by Crippen LogP contribution is -2.35. The van der Waals surface area contributed by atoms with Crippen LogP contribution in [0.15, 0.2) is 52.3 Å². The monoisotopic (exact) mass is 450 g/mol. The lowest BCUT2D eigenvalue weighted by Gasteiger charge is -2.25. The van der Waals surface area contributed by atoms with Gasteiger partial charge in [-0.1, -0.05) is 6.42 Å². The number of nitrogens with zero attached hydrogens (tertiary/aromatic N) is 1. The average molecular weight is 451 g/mol. The van der Waals surface area contributed by atoms with Crippen molar-refractivity contribution < 1.29 is 22.7 Å². The predicted octanol–water partition coefficient (Wildman–Crippen LogP) is 3.61. The highest BCUT2D eigenvalue weighted by atomic mass is 32.2. The summed E-state index contributed by atoms with van der Waals surface area (Å²) in [6.45, 7) is 1.13. The first kappa shape index (κ1) is 22.5. The maximum atomic E-state index is 12.7. The number of ether oxygens (including phenoxy) is 2. The molecule has 162 valence electrons. The Bertz CT molecular complexity index is 971. The van der Waals surface area contributed by atoms with Gasteiger partial charge in [-0.2, -0.15) is 4.31 Å². The van der Waals surface area contributed by atoms with Gasteiger partial charge in [-0.25, -0.2) is 8.42 Å². The summed E-state index contributed by atoms with van der Waals surface area (Å²) in [5.74, 6) is 1.27. The highest BCUT2D eigenvalue weighted by Crippen LogP contribution is 2.32. The lowest BCUT2D eigenvalue weighted by molar-refractivity contribution is -0.113. The van der Waals surface area contributed by atoms with E-state index in [1.165, 1.54) is 16.1 Å². The zero-order valence-electron chi connectivity index (χ0n) is 17.1. The van der Waals surface area contributed by atoms with E-state index in [9.17, 15) is 13.2 Å². The molecular weight excluding hydrogens is 424 g/mol. The van der Waals surface area contributed by atoms with Gasteiger partial charge in [0, 0.05) is 23.7 Å². The Kier molecular flexibility index (Phi) is 7.63. The maximum Gasteiger partial charge on any atom is 0.243 e. The number of anilines is 1. The van der Waals surface area contributed by atoms with Crippen LogP contribution in [0.4, 0.5) is 5.69 Å². The third kappa shape index (κ3) is 5.47. The molecule has 30 heavy (non-hydrogen) atoms. The van der Waals surface area contributed by atoms with Gasteiger partial charge in [-0.05, 0) is 55.3 Å². The summed E-state index contributed by atoms with van der Waals surface area (Å²) in [4.78, 5) is 13.4. The Morgan fingerprint density at radius 2 is 1.67 bits per heavy atom. The van der Waals surface area contributed by atoms with Gasteiger partial charge >= 0.3 is 0 Å². The molecule has 7 nitrogen and oxygen atoms in total. The van der Waals surface area contributed by atoms with Crippen LogP contribution >= 0.6 is 11.8 Å². The second-order valence-corrected chi connectivity index (χ2v) is 9.83. The second-order valence-electron chi connectivity index (χ2n) is 6.84. The third-order valence-electron chi connectivity index (χ3n) is 4.82. The van der Waals surface area contributed by atoms with Crippen LogP contribution in [0.3, 0.4) is 0 Å². The van der Waals surface area contributed by atoms with E-state index in [1.807, 2.05) is 12.1 Å². The number of carbonyl (C=O) groups excluding carboxylic acids is 1. The number of hydrogen-bond donors (Lipinski definition) is 1. The molecule has 1 heterocycles. The van der Waals surface area contributed by atoms with Gasteiger partial charge in [0.15, 0.2) is 11.5 Å². The number of piperidine rings is 1. The van der Waals surface area contributed by atoms with E-state index >= 15 is 0 Å². The second kappa shape index (κ2) is 10.2. The fourth-order valence-corrected chi connectivity index (χ4v) is 5.46. The molecule has 0 aromatic heterocycles. The van der Waals surface area contributed by atoms with Gasteiger partial charge in [0.1, 0.15) is 0 Å². The molecule has 0 bridgehead atoms. The summed E-state index contributed by atoms with van der Waals surface area (Å²) >= 11 is 1.37. The standard InChI is InChI=1S/C21H26N2O5S2/c1-27-19-11-8-17(14-20(19)28-2)29-15-21(24)22-16-6-9-18(10-7-16)30(25,26)23-12-4-3-5-13-23/h6-11,14H,3-5,12-13,15H2,1-2H3,(H,22,24).